The average Bonchev–Trinajstić information content (AvgIpc) is 2.72. The number of hydrogen-bond donors (Lipinski definition) is 1. The largest absolute Gasteiger partial charge is 0.726 e. The van der Waals surface area contributed by atoms with E-state index in [1.807, 2.05) is 0 Å². The zero-order valence-electron chi connectivity index (χ0n) is 22.8. The predicted molar refractivity (Wildman–Crippen MR) is 143 cm³/mol. The van der Waals surface area contributed by atoms with Crippen LogP contribution < -0.4 is 6.15 Å². The van der Waals surface area contributed by atoms with Crippen molar-refractivity contribution in [3.63, 3.8) is 0 Å². The minimum Gasteiger partial charge on any atom is -0.726 e. The number of rotatable bonds is 25. The Kier molecular flexibility index (Phi) is 25.0. The molecule has 0 aliphatic heterocycles. The zero-order valence-corrected chi connectivity index (χ0v) is 23.6. The van der Waals surface area contributed by atoms with Crippen molar-refractivity contribution in [2.75, 3.05) is 0 Å². The highest BCUT2D eigenvalue weighted by Gasteiger charge is 2.27. The maximum Gasteiger partial charge on any atom is 0.218 e. The molecule has 0 heterocycles. The molecule has 0 bridgehead atoms. The fraction of sp³-hybridized carbons (Fsp3) is 1.00. The summed E-state index contributed by atoms with van der Waals surface area (Å²) in [6.07, 6.45) is 28.1. The maximum absolute atomic E-state index is 11.1. The van der Waals surface area contributed by atoms with Gasteiger partial charge in [0.15, 0.2) is 0 Å². The van der Waals surface area contributed by atoms with Gasteiger partial charge < -0.3 is 10.7 Å². The highest BCUT2D eigenvalue weighted by Crippen LogP contribution is 2.28. The first-order chi connectivity index (χ1) is 15.3. The van der Waals surface area contributed by atoms with Gasteiger partial charge in [-0.15, -0.1) is 0 Å². The second-order valence-electron chi connectivity index (χ2n) is 10.2. The Hall–Kier alpha value is -0.170. The van der Waals surface area contributed by atoms with Crippen molar-refractivity contribution >= 4 is 10.4 Å². The summed E-state index contributed by atoms with van der Waals surface area (Å²) in [5.74, 6) is 0. The quantitative estimate of drug-likeness (QED) is 0.0776. The lowest BCUT2D eigenvalue weighted by Crippen LogP contribution is -2.31. The van der Waals surface area contributed by atoms with E-state index in [1.165, 1.54) is 96.3 Å². The van der Waals surface area contributed by atoms with E-state index >= 15 is 0 Å². The Bertz CT molecular complexity index is 498. The molecule has 0 amide bonds. The Morgan fingerprint density at radius 2 is 0.788 bits per heavy atom. The van der Waals surface area contributed by atoms with Gasteiger partial charge in [-0.3, -0.25) is 4.18 Å². The van der Waals surface area contributed by atoms with Gasteiger partial charge in [0.25, 0.3) is 0 Å². The highest BCUT2D eigenvalue weighted by molar-refractivity contribution is 7.80. The van der Waals surface area contributed by atoms with Gasteiger partial charge in [-0.25, -0.2) is 8.42 Å². The van der Waals surface area contributed by atoms with Crippen LogP contribution in [0.5, 0.6) is 0 Å². The van der Waals surface area contributed by atoms with Crippen LogP contribution in [-0.2, 0) is 14.6 Å². The predicted octanol–water partition coefficient (Wildman–Crippen LogP) is 9.61. The fourth-order valence-corrected chi connectivity index (χ4v) is 5.26. The minimum atomic E-state index is -4.65. The van der Waals surface area contributed by atoms with Crippen LogP contribution in [-0.4, -0.2) is 18.6 Å². The molecule has 202 valence electrons. The maximum atomic E-state index is 11.1. The summed E-state index contributed by atoms with van der Waals surface area (Å²) in [5.41, 5.74) is -0.830. The van der Waals surface area contributed by atoms with Crippen LogP contribution >= 0.6 is 0 Å². The smallest absolute Gasteiger partial charge is 0.218 e. The Balaban J connectivity index is 0. The average molecular weight is 494 g/mol. The summed E-state index contributed by atoms with van der Waals surface area (Å²) in [5, 5.41) is 0. The van der Waals surface area contributed by atoms with Gasteiger partial charge >= 0.3 is 0 Å². The molecular weight excluding hydrogens is 434 g/mol. The summed E-state index contributed by atoms with van der Waals surface area (Å²) in [4.78, 5) is 0. The van der Waals surface area contributed by atoms with Gasteiger partial charge in [-0.2, -0.15) is 0 Å². The Morgan fingerprint density at radius 3 is 1.06 bits per heavy atom. The molecule has 0 aliphatic rings. The Labute approximate surface area is 207 Å². The standard InChI is InChI=1S/C27H56O4S.H3N/c1-4-6-8-10-11-12-13-14-15-16-17-18-19-20-21-22-24-26-27(3,31-32(28,29)30)25-23-9-7-5-2;/h4-26H2,1-3H3,(H,28,29,30);1H3. The molecule has 1 unspecified atom stereocenters. The van der Waals surface area contributed by atoms with Crippen LogP contribution in [0.2, 0.25) is 0 Å². The van der Waals surface area contributed by atoms with E-state index in [0.29, 0.717) is 12.8 Å². The molecule has 0 rings (SSSR count). The molecule has 0 aromatic rings. The topological polar surface area (TPSA) is 103 Å². The molecule has 0 saturated carbocycles. The van der Waals surface area contributed by atoms with Gasteiger partial charge in [0, 0.05) is 0 Å². The summed E-state index contributed by atoms with van der Waals surface area (Å²) in [7, 11) is -4.65. The van der Waals surface area contributed by atoms with Crippen molar-refractivity contribution in [2.24, 2.45) is 0 Å². The van der Waals surface area contributed by atoms with E-state index in [2.05, 4.69) is 13.8 Å². The fourth-order valence-electron chi connectivity index (χ4n) is 4.60. The molecule has 1 atom stereocenters. The van der Waals surface area contributed by atoms with E-state index in [-0.39, 0.29) is 6.15 Å². The SMILES string of the molecule is CCCCCCCCCCCCCCCCCCCC(C)(CCCCCC)OS(=O)(=O)[O-].[NH4+]. The number of unbranched alkanes of at least 4 members (excludes halogenated alkanes) is 19. The van der Waals surface area contributed by atoms with Gasteiger partial charge in [0.2, 0.25) is 10.4 Å². The molecule has 0 saturated heterocycles. The zero-order chi connectivity index (χ0) is 24.0. The molecule has 0 aliphatic carbocycles. The van der Waals surface area contributed by atoms with Crippen molar-refractivity contribution in [1.29, 1.82) is 0 Å². The summed E-state index contributed by atoms with van der Waals surface area (Å²) < 4.78 is 38.4. The van der Waals surface area contributed by atoms with Crippen molar-refractivity contribution in [3.8, 4) is 0 Å². The third-order valence-corrected chi connectivity index (χ3v) is 7.28. The lowest BCUT2D eigenvalue weighted by Gasteiger charge is -2.30. The second-order valence-corrected chi connectivity index (χ2v) is 11.1. The third kappa shape index (κ3) is 26.3. The minimum absolute atomic E-state index is 0. The Morgan fingerprint density at radius 1 is 0.545 bits per heavy atom. The van der Waals surface area contributed by atoms with Crippen LogP contribution in [0.15, 0.2) is 0 Å². The van der Waals surface area contributed by atoms with E-state index < -0.39 is 16.0 Å². The highest BCUT2D eigenvalue weighted by atomic mass is 32.3. The van der Waals surface area contributed by atoms with Crippen LogP contribution in [0.4, 0.5) is 0 Å². The molecule has 0 radical (unpaired) electrons. The van der Waals surface area contributed by atoms with Gasteiger partial charge in [0.1, 0.15) is 0 Å². The second kappa shape index (κ2) is 23.6. The summed E-state index contributed by atoms with van der Waals surface area (Å²) in [6, 6.07) is 0. The lowest BCUT2D eigenvalue weighted by molar-refractivity contribution is 0.0560. The molecular formula is C27H59NO4S. The van der Waals surface area contributed by atoms with Crippen LogP contribution in [0.3, 0.4) is 0 Å². The van der Waals surface area contributed by atoms with Crippen molar-refractivity contribution in [2.45, 2.75) is 174 Å². The molecule has 4 N–H and O–H groups in total. The van der Waals surface area contributed by atoms with Crippen LogP contribution in [0.25, 0.3) is 0 Å². The monoisotopic (exact) mass is 493 g/mol. The van der Waals surface area contributed by atoms with Crippen LogP contribution in [0, 0.1) is 0 Å². The summed E-state index contributed by atoms with van der Waals surface area (Å²) >= 11 is 0. The molecule has 0 aromatic carbocycles. The molecule has 6 heteroatoms. The van der Waals surface area contributed by atoms with Gasteiger partial charge in [-0.05, 0) is 19.8 Å². The van der Waals surface area contributed by atoms with Crippen molar-refractivity contribution in [3.05, 3.63) is 0 Å². The van der Waals surface area contributed by atoms with E-state index in [4.69, 9.17) is 4.18 Å². The van der Waals surface area contributed by atoms with E-state index in [9.17, 15) is 13.0 Å². The number of quaternary nitrogens is 1. The first-order valence-corrected chi connectivity index (χ1v) is 15.3. The molecule has 5 nitrogen and oxygen atoms in total. The third-order valence-electron chi connectivity index (χ3n) is 6.67. The first kappa shape index (κ1) is 35.0. The van der Waals surface area contributed by atoms with Crippen molar-refractivity contribution < 1.29 is 17.2 Å². The van der Waals surface area contributed by atoms with Crippen LogP contribution in [0.1, 0.15) is 168 Å². The van der Waals surface area contributed by atoms with Gasteiger partial charge in [-0.1, -0.05) is 149 Å². The normalized spacial score (nSPS) is 13.6. The molecule has 0 spiro atoms. The van der Waals surface area contributed by atoms with Gasteiger partial charge in [0.05, 0.1) is 5.60 Å². The first-order valence-electron chi connectivity index (χ1n) is 14.0. The van der Waals surface area contributed by atoms with E-state index in [1.54, 1.807) is 6.92 Å². The van der Waals surface area contributed by atoms with E-state index in [0.717, 1.165) is 38.5 Å². The molecule has 0 aromatic heterocycles. The lowest BCUT2D eigenvalue weighted by atomic mass is 9.91. The number of hydrogen-bond acceptors (Lipinski definition) is 4. The summed E-state index contributed by atoms with van der Waals surface area (Å²) in [6.45, 7) is 6.21. The molecule has 33 heavy (non-hydrogen) atoms. The van der Waals surface area contributed by atoms with Crippen molar-refractivity contribution in [1.82, 2.24) is 6.15 Å². The molecule has 0 fully saturated rings.